The molecule has 1 aromatic rings. The third kappa shape index (κ3) is 5.14. The Morgan fingerprint density at radius 2 is 2.10 bits per heavy atom. The Bertz CT molecular complexity index is 448. The Hall–Kier alpha value is -0.280. The van der Waals surface area contributed by atoms with Gasteiger partial charge in [0.2, 0.25) is 0 Å². The minimum absolute atomic E-state index is 0.604. The lowest BCUT2D eigenvalue weighted by Crippen LogP contribution is -2.45. The maximum absolute atomic E-state index is 6.33. The monoisotopic (exact) mass is 328 g/mol. The van der Waals surface area contributed by atoms with E-state index < -0.39 is 0 Å². The van der Waals surface area contributed by atoms with E-state index in [-0.39, 0.29) is 0 Å². The molecule has 1 N–H and O–H groups in total. The molecule has 2 nitrogen and oxygen atoms in total. The predicted molar refractivity (Wildman–Crippen MR) is 92.2 cm³/mol. The minimum Gasteiger partial charge on any atom is -0.315 e. The first-order valence-electron chi connectivity index (χ1n) is 7.95. The van der Waals surface area contributed by atoms with Gasteiger partial charge in [0, 0.05) is 19.1 Å². The molecule has 1 saturated heterocycles. The SMILES string of the molecule is CC(C)CNCC1CCCCN1Cc1cccc(Cl)c1Cl. The van der Waals surface area contributed by atoms with E-state index in [1.165, 1.54) is 19.3 Å². The second kappa shape index (κ2) is 8.38. The summed E-state index contributed by atoms with van der Waals surface area (Å²) < 4.78 is 0. The summed E-state index contributed by atoms with van der Waals surface area (Å²) >= 11 is 12.5. The van der Waals surface area contributed by atoms with Crippen LogP contribution in [-0.4, -0.2) is 30.6 Å². The molecule has 21 heavy (non-hydrogen) atoms. The molecule has 0 spiro atoms. The van der Waals surface area contributed by atoms with Crippen LogP contribution >= 0.6 is 23.2 Å². The number of nitrogens with zero attached hydrogens (tertiary/aromatic N) is 1. The standard InChI is InChI=1S/C17H26Cl2N2/c1-13(2)10-20-11-15-7-3-4-9-21(15)12-14-6-5-8-16(18)17(14)19/h5-6,8,13,15,20H,3-4,7,9-12H2,1-2H3. The zero-order valence-electron chi connectivity index (χ0n) is 13.0. The zero-order valence-corrected chi connectivity index (χ0v) is 14.6. The molecular weight excluding hydrogens is 303 g/mol. The molecule has 1 aromatic carbocycles. The Labute approximate surface area is 138 Å². The van der Waals surface area contributed by atoms with Gasteiger partial charge in [0.15, 0.2) is 0 Å². The van der Waals surface area contributed by atoms with Crippen molar-refractivity contribution in [2.24, 2.45) is 5.92 Å². The Morgan fingerprint density at radius 3 is 2.86 bits per heavy atom. The first-order valence-corrected chi connectivity index (χ1v) is 8.71. The van der Waals surface area contributed by atoms with Crippen molar-refractivity contribution in [3.63, 3.8) is 0 Å². The highest BCUT2D eigenvalue weighted by Gasteiger charge is 2.23. The van der Waals surface area contributed by atoms with Gasteiger partial charge >= 0.3 is 0 Å². The first-order chi connectivity index (χ1) is 10.1. The molecule has 1 atom stereocenters. The molecule has 0 saturated carbocycles. The second-order valence-corrected chi connectivity index (χ2v) is 7.17. The maximum Gasteiger partial charge on any atom is 0.0637 e. The van der Waals surface area contributed by atoms with E-state index in [1.807, 2.05) is 12.1 Å². The molecule has 0 aliphatic carbocycles. The molecular formula is C17H26Cl2N2. The van der Waals surface area contributed by atoms with Crippen LogP contribution in [0.5, 0.6) is 0 Å². The summed E-state index contributed by atoms with van der Waals surface area (Å²) in [6, 6.07) is 6.53. The highest BCUT2D eigenvalue weighted by Crippen LogP contribution is 2.28. The van der Waals surface area contributed by atoms with E-state index in [0.717, 1.165) is 31.7 Å². The average Bonchev–Trinajstić information content (AvgIpc) is 2.45. The van der Waals surface area contributed by atoms with Gasteiger partial charge in [-0.05, 0) is 43.5 Å². The first kappa shape index (κ1) is 17.1. The van der Waals surface area contributed by atoms with Gasteiger partial charge in [-0.3, -0.25) is 4.90 Å². The van der Waals surface area contributed by atoms with Crippen molar-refractivity contribution < 1.29 is 0 Å². The van der Waals surface area contributed by atoms with E-state index in [9.17, 15) is 0 Å². The summed E-state index contributed by atoms with van der Waals surface area (Å²) in [4.78, 5) is 2.55. The fraction of sp³-hybridized carbons (Fsp3) is 0.647. The van der Waals surface area contributed by atoms with E-state index in [4.69, 9.17) is 23.2 Å². The zero-order chi connectivity index (χ0) is 15.2. The molecule has 1 fully saturated rings. The molecule has 1 aliphatic rings. The number of piperidine rings is 1. The van der Waals surface area contributed by atoms with Crippen LogP contribution in [0.3, 0.4) is 0 Å². The summed E-state index contributed by atoms with van der Waals surface area (Å²) in [7, 11) is 0. The van der Waals surface area contributed by atoms with Crippen LogP contribution in [0.4, 0.5) is 0 Å². The van der Waals surface area contributed by atoms with Crippen molar-refractivity contribution in [2.75, 3.05) is 19.6 Å². The molecule has 1 heterocycles. The van der Waals surface area contributed by atoms with Crippen LogP contribution in [0, 0.1) is 5.92 Å². The Kier molecular flexibility index (Phi) is 6.81. The molecule has 2 rings (SSSR count). The largest absolute Gasteiger partial charge is 0.315 e. The number of hydrogen-bond donors (Lipinski definition) is 1. The average molecular weight is 329 g/mol. The molecule has 0 aromatic heterocycles. The van der Waals surface area contributed by atoms with E-state index in [2.05, 4.69) is 30.1 Å². The summed E-state index contributed by atoms with van der Waals surface area (Å²) in [6.07, 6.45) is 3.87. The normalized spacial score (nSPS) is 20.1. The Balaban J connectivity index is 1.96. The number of hydrogen-bond acceptors (Lipinski definition) is 2. The number of benzene rings is 1. The van der Waals surface area contributed by atoms with Gasteiger partial charge in [-0.2, -0.15) is 0 Å². The summed E-state index contributed by atoms with van der Waals surface area (Å²) in [5.74, 6) is 0.699. The molecule has 1 aliphatic heterocycles. The maximum atomic E-state index is 6.33. The molecule has 1 unspecified atom stereocenters. The van der Waals surface area contributed by atoms with Gasteiger partial charge in [-0.1, -0.05) is 55.6 Å². The fourth-order valence-corrected chi connectivity index (χ4v) is 3.31. The third-order valence-electron chi connectivity index (χ3n) is 4.09. The highest BCUT2D eigenvalue weighted by molar-refractivity contribution is 6.42. The van der Waals surface area contributed by atoms with Crippen LogP contribution < -0.4 is 5.32 Å². The van der Waals surface area contributed by atoms with Crippen LogP contribution in [-0.2, 0) is 6.54 Å². The number of likely N-dealkylation sites (tertiary alicyclic amines) is 1. The van der Waals surface area contributed by atoms with Gasteiger partial charge in [-0.15, -0.1) is 0 Å². The molecule has 0 amide bonds. The van der Waals surface area contributed by atoms with Crippen molar-refractivity contribution in [3.8, 4) is 0 Å². The van der Waals surface area contributed by atoms with Crippen molar-refractivity contribution >= 4 is 23.2 Å². The number of halogens is 2. The van der Waals surface area contributed by atoms with Gasteiger partial charge in [0.1, 0.15) is 0 Å². The van der Waals surface area contributed by atoms with Crippen molar-refractivity contribution in [1.29, 1.82) is 0 Å². The third-order valence-corrected chi connectivity index (χ3v) is 4.94. The summed E-state index contributed by atoms with van der Waals surface area (Å²) in [6.45, 7) is 8.69. The lowest BCUT2D eigenvalue weighted by atomic mass is 10.0. The molecule has 4 heteroatoms. The quantitative estimate of drug-likeness (QED) is 0.821. The van der Waals surface area contributed by atoms with Crippen molar-refractivity contribution in [3.05, 3.63) is 33.8 Å². The van der Waals surface area contributed by atoms with Crippen LogP contribution in [0.25, 0.3) is 0 Å². The van der Waals surface area contributed by atoms with Crippen LogP contribution in [0.15, 0.2) is 18.2 Å². The van der Waals surface area contributed by atoms with Gasteiger partial charge < -0.3 is 5.32 Å². The van der Waals surface area contributed by atoms with E-state index in [0.29, 0.717) is 22.0 Å². The topological polar surface area (TPSA) is 15.3 Å². The molecule has 0 radical (unpaired) electrons. The fourth-order valence-electron chi connectivity index (χ4n) is 2.93. The van der Waals surface area contributed by atoms with Crippen molar-refractivity contribution in [2.45, 2.75) is 45.7 Å². The van der Waals surface area contributed by atoms with E-state index >= 15 is 0 Å². The predicted octanol–water partition coefficient (Wildman–Crippen LogP) is 4.59. The minimum atomic E-state index is 0.604. The number of rotatable bonds is 6. The molecule has 0 bridgehead atoms. The number of nitrogens with one attached hydrogen (secondary N) is 1. The summed E-state index contributed by atoms with van der Waals surface area (Å²) in [5, 5.41) is 4.96. The van der Waals surface area contributed by atoms with Gasteiger partial charge in [0.25, 0.3) is 0 Å². The Morgan fingerprint density at radius 1 is 1.29 bits per heavy atom. The molecule has 118 valence electrons. The lowest BCUT2D eigenvalue weighted by molar-refractivity contribution is 0.137. The highest BCUT2D eigenvalue weighted by atomic mass is 35.5. The van der Waals surface area contributed by atoms with Gasteiger partial charge in [0.05, 0.1) is 10.0 Å². The summed E-state index contributed by atoms with van der Waals surface area (Å²) in [5.41, 5.74) is 1.14. The van der Waals surface area contributed by atoms with Gasteiger partial charge in [-0.25, -0.2) is 0 Å². The lowest BCUT2D eigenvalue weighted by Gasteiger charge is -2.36. The van der Waals surface area contributed by atoms with E-state index in [1.54, 1.807) is 0 Å². The second-order valence-electron chi connectivity index (χ2n) is 6.39. The van der Waals surface area contributed by atoms with Crippen LogP contribution in [0.1, 0.15) is 38.7 Å². The smallest absolute Gasteiger partial charge is 0.0637 e. The van der Waals surface area contributed by atoms with Crippen LogP contribution in [0.2, 0.25) is 10.0 Å². The van der Waals surface area contributed by atoms with Crippen molar-refractivity contribution in [1.82, 2.24) is 10.2 Å².